The second-order valence-electron chi connectivity index (χ2n) is 4.78. The third-order valence-corrected chi connectivity index (χ3v) is 3.83. The zero-order valence-electron chi connectivity index (χ0n) is 10.8. The van der Waals surface area contributed by atoms with Crippen molar-refractivity contribution in [2.45, 2.75) is 13.1 Å². The molecule has 20 heavy (non-hydrogen) atoms. The van der Waals surface area contributed by atoms with Gasteiger partial charge < -0.3 is 10.3 Å². The van der Waals surface area contributed by atoms with Crippen LogP contribution in [0.3, 0.4) is 0 Å². The molecule has 1 aromatic heterocycles. The van der Waals surface area contributed by atoms with E-state index in [4.69, 9.17) is 5.73 Å². The Morgan fingerprint density at radius 1 is 1.15 bits per heavy atom. The quantitative estimate of drug-likeness (QED) is 0.770. The predicted octanol–water partition coefficient (Wildman–Crippen LogP) is 4.05. The SMILES string of the molecule is NCc1cccc2ccn(Cc3cc(F)cc(Br)c3)c12. The highest BCUT2D eigenvalue weighted by atomic mass is 79.9. The maximum absolute atomic E-state index is 13.5. The Kier molecular flexibility index (Phi) is 3.59. The lowest BCUT2D eigenvalue weighted by Crippen LogP contribution is -2.03. The van der Waals surface area contributed by atoms with Crippen molar-refractivity contribution in [3.63, 3.8) is 0 Å². The normalized spacial score (nSPS) is 11.2. The Bertz CT molecular complexity index is 744. The number of fused-ring (bicyclic) bond motifs is 1. The molecule has 0 aliphatic rings. The van der Waals surface area contributed by atoms with Crippen molar-refractivity contribution in [1.29, 1.82) is 0 Å². The maximum atomic E-state index is 13.5. The fourth-order valence-corrected chi connectivity index (χ4v) is 3.05. The Balaban J connectivity index is 2.06. The number of para-hydroxylation sites is 1. The van der Waals surface area contributed by atoms with Gasteiger partial charge in [-0.2, -0.15) is 0 Å². The minimum atomic E-state index is -0.232. The first-order chi connectivity index (χ1) is 9.67. The summed E-state index contributed by atoms with van der Waals surface area (Å²) in [5, 5.41) is 1.16. The Morgan fingerprint density at radius 2 is 2.00 bits per heavy atom. The van der Waals surface area contributed by atoms with Crippen LogP contribution in [0.5, 0.6) is 0 Å². The van der Waals surface area contributed by atoms with Crippen LogP contribution in [0.2, 0.25) is 0 Å². The summed E-state index contributed by atoms with van der Waals surface area (Å²) in [6, 6.07) is 13.1. The van der Waals surface area contributed by atoms with E-state index in [1.807, 2.05) is 24.4 Å². The van der Waals surface area contributed by atoms with Gasteiger partial charge >= 0.3 is 0 Å². The number of nitrogens with zero attached hydrogens (tertiary/aromatic N) is 1. The highest BCUT2D eigenvalue weighted by Crippen LogP contribution is 2.22. The summed E-state index contributed by atoms with van der Waals surface area (Å²) < 4.78 is 16.3. The second kappa shape index (κ2) is 5.38. The van der Waals surface area contributed by atoms with Gasteiger partial charge in [0.1, 0.15) is 5.82 Å². The van der Waals surface area contributed by atoms with Crippen molar-refractivity contribution in [2.75, 3.05) is 0 Å². The molecule has 3 aromatic rings. The molecule has 2 aromatic carbocycles. The monoisotopic (exact) mass is 332 g/mol. The topological polar surface area (TPSA) is 30.9 Å². The van der Waals surface area contributed by atoms with E-state index in [1.54, 1.807) is 6.07 Å². The van der Waals surface area contributed by atoms with Gasteiger partial charge in [0.05, 0.1) is 5.52 Å². The summed E-state index contributed by atoms with van der Waals surface area (Å²) >= 11 is 3.33. The fourth-order valence-electron chi connectivity index (χ4n) is 2.54. The molecule has 0 atom stereocenters. The zero-order valence-corrected chi connectivity index (χ0v) is 12.4. The summed E-state index contributed by atoms with van der Waals surface area (Å²) in [7, 11) is 0. The van der Waals surface area contributed by atoms with E-state index in [1.165, 1.54) is 6.07 Å². The summed E-state index contributed by atoms with van der Waals surface area (Å²) in [6.45, 7) is 1.12. The second-order valence-corrected chi connectivity index (χ2v) is 5.70. The van der Waals surface area contributed by atoms with Crippen molar-refractivity contribution >= 4 is 26.8 Å². The van der Waals surface area contributed by atoms with Crippen molar-refractivity contribution in [3.8, 4) is 0 Å². The smallest absolute Gasteiger partial charge is 0.124 e. The van der Waals surface area contributed by atoms with E-state index < -0.39 is 0 Å². The highest BCUT2D eigenvalue weighted by Gasteiger charge is 2.07. The van der Waals surface area contributed by atoms with E-state index in [0.717, 1.165) is 26.5 Å². The first kappa shape index (κ1) is 13.3. The number of hydrogen-bond donors (Lipinski definition) is 1. The van der Waals surface area contributed by atoms with Gasteiger partial charge in [0.15, 0.2) is 0 Å². The third-order valence-electron chi connectivity index (χ3n) is 3.37. The minimum absolute atomic E-state index is 0.232. The summed E-state index contributed by atoms with van der Waals surface area (Å²) in [5.74, 6) is -0.232. The number of benzene rings is 2. The molecule has 2 nitrogen and oxygen atoms in total. The molecule has 0 unspecified atom stereocenters. The summed E-state index contributed by atoms with van der Waals surface area (Å²) in [6.07, 6.45) is 2.02. The molecule has 0 saturated heterocycles. The summed E-state index contributed by atoms with van der Waals surface area (Å²) in [5.41, 5.74) is 8.94. The molecule has 0 bridgehead atoms. The number of hydrogen-bond acceptors (Lipinski definition) is 1. The van der Waals surface area contributed by atoms with Gasteiger partial charge in [-0.15, -0.1) is 0 Å². The largest absolute Gasteiger partial charge is 0.343 e. The zero-order chi connectivity index (χ0) is 14.1. The minimum Gasteiger partial charge on any atom is -0.343 e. The molecule has 0 fully saturated rings. The first-order valence-corrected chi connectivity index (χ1v) is 7.18. The van der Waals surface area contributed by atoms with Crippen LogP contribution in [0.25, 0.3) is 10.9 Å². The van der Waals surface area contributed by atoms with Crippen LogP contribution in [-0.2, 0) is 13.1 Å². The molecule has 102 valence electrons. The van der Waals surface area contributed by atoms with E-state index >= 15 is 0 Å². The van der Waals surface area contributed by atoms with Crippen LogP contribution < -0.4 is 5.73 Å². The molecule has 0 radical (unpaired) electrons. The molecule has 0 aliphatic heterocycles. The van der Waals surface area contributed by atoms with Crippen LogP contribution >= 0.6 is 15.9 Å². The Hall–Kier alpha value is -1.65. The van der Waals surface area contributed by atoms with Gasteiger partial charge in [0, 0.05) is 23.8 Å². The summed E-state index contributed by atoms with van der Waals surface area (Å²) in [4.78, 5) is 0. The van der Waals surface area contributed by atoms with E-state index in [2.05, 4.69) is 32.6 Å². The lowest BCUT2D eigenvalue weighted by atomic mass is 10.1. The first-order valence-electron chi connectivity index (χ1n) is 6.39. The Morgan fingerprint density at radius 3 is 2.75 bits per heavy atom. The molecule has 4 heteroatoms. The van der Waals surface area contributed by atoms with E-state index in [9.17, 15) is 4.39 Å². The number of halogens is 2. The van der Waals surface area contributed by atoms with Crippen LogP contribution in [0.15, 0.2) is 53.1 Å². The van der Waals surface area contributed by atoms with Crippen molar-refractivity contribution in [2.24, 2.45) is 5.73 Å². The Labute approximate surface area is 125 Å². The fraction of sp³-hybridized carbons (Fsp3) is 0.125. The van der Waals surface area contributed by atoms with Crippen LogP contribution in [0.4, 0.5) is 4.39 Å². The predicted molar refractivity (Wildman–Crippen MR) is 83.0 cm³/mol. The lowest BCUT2D eigenvalue weighted by molar-refractivity contribution is 0.623. The average Bonchev–Trinajstić information content (AvgIpc) is 2.81. The van der Waals surface area contributed by atoms with Gasteiger partial charge in [0.25, 0.3) is 0 Å². The molecule has 0 aliphatic carbocycles. The van der Waals surface area contributed by atoms with Crippen molar-refractivity contribution in [1.82, 2.24) is 4.57 Å². The van der Waals surface area contributed by atoms with Crippen molar-refractivity contribution < 1.29 is 4.39 Å². The van der Waals surface area contributed by atoms with Gasteiger partial charge in [-0.3, -0.25) is 0 Å². The van der Waals surface area contributed by atoms with Crippen LogP contribution in [-0.4, -0.2) is 4.57 Å². The highest BCUT2D eigenvalue weighted by molar-refractivity contribution is 9.10. The molecular weight excluding hydrogens is 319 g/mol. The molecule has 1 heterocycles. The maximum Gasteiger partial charge on any atom is 0.124 e. The van der Waals surface area contributed by atoms with Gasteiger partial charge in [-0.25, -0.2) is 4.39 Å². The molecule has 0 spiro atoms. The van der Waals surface area contributed by atoms with Gasteiger partial charge in [0.2, 0.25) is 0 Å². The van der Waals surface area contributed by atoms with Gasteiger partial charge in [-0.05, 0) is 40.8 Å². The van der Waals surface area contributed by atoms with E-state index in [0.29, 0.717) is 13.1 Å². The van der Waals surface area contributed by atoms with Crippen molar-refractivity contribution in [3.05, 3.63) is 70.1 Å². The lowest BCUT2D eigenvalue weighted by Gasteiger charge is -2.09. The number of aromatic nitrogens is 1. The standard InChI is InChI=1S/C16H14BrFN2/c17-14-6-11(7-15(18)8-14)10-20-5-4-12-2-1-3-13(9-19)16(12)20/h1-8H,9-10,19H2. The molecule has 3 rings (SSSR count). The average molecular weight is 333 g/mol. The van der Waals surface area contributed by atoms with Gasteiger partial charge in [-0.1, -0.05) is 34.1 Å². The molecule has 2 N–H and O–H groups in total. The van der Waals surface area contributed by atoms with Crippen LogP contribution in [0.1, 0.15) is 11.1 Å². The van der Waals surface area contributed by atoms with Crippen LogP contribution in [0, 0.1) is 5.82 Å². The molecular formula is C16H14BrFN2. The molecule has 0 saturated carbocycles. The van der Waals surface area contributed by atoms with E-state index in [-0.39, 0.29) is 5.82 Å². The number of rotatable bonds is 3. The third kappa shape index (κ3) is 2.49. The number of nitrogens with two attached hydrogens (primary N) is 1. The molecule has 0 amide bonds.